The first-order valence-corrected chi connectivity index (χ1v) is 7.33. The summed E-state index contributed by atoms with van der Waals surface area (Å²) < 4.78 is 0. The van der Waals surface area contributed by atoms with Crippen LogP contribution in [0.3, 0.4) is 0 Å². The highest BCUT2D eigenvalue weighted by Crippen LogP contribution is 2.20. The Morgan fingerprint density at radius 3 is 2.45 bits per heavy atom. The van der Waals surface area contributed by atoms with Crippen molar-refractivity contribution in [2.75, 3.05) is 29.6 Å². The van der Waals surface area contributed by atoms with Gasteiger partial charge in [0.25, 0.3) is 0 Å². The van der Waals surface area contributed by atoms with Gasteiger partial charge in [-0.05, 0) is 25.3 Å². The molecule has 2 rings (SSSR count). The van der Waals surface area contributed by atoms with Gasteiger partial charge in [0.15, 0.2) is 0 Å². The topological polar surface area (TPSA) is 71.2 Å². The summed E-state index contributed by atoms with van der Waals surface area (Å²) in [6, 6.07) is 4.43. The van der Waals surface area contributed by atoms with Gasteiger partial charge in [0, 0.05) is 25.0 Å². The molecule has 108 valence electrons. The second kappa shape index (κ2) is 6.04. The van der Waals surface area contributed by atoms with E-state index in [0.717, 1.165) is 6.54 Å². The highest BCUT2D eigenvalue weighted by atomic mass is 32.1. The Bertz CT molecular complexity index is 552. The maximum Gasteiger partial charge on any atom is 0.232 e. The molecule has 0 saturated carbocycles. The summed E-state index contributed by atoms with van der Waals surface area (Å²) in [4.78, 5) is 18.1. The van der Waals surface area contributed by atoms with E-state index >= 15 is 0 Å². The van der Waals surface area contributed by atoms with E-state index < -0.39 is 0 Å². The monoisotopic (exact) mass is 292 g/mol. The van der Waals surface area contributed by atoms with E-state index in [9.17, 15) is 0 Å². The molecule has 2 heterocycles. The lowest BCUT2D eigenvalue weighted by atomic mass is 10.3. The number of anilines is 3. The molecular formula is C13H20N6S. The lowest BCUT2D eigenvalue weighted by Gasteiger charge is -2.27. The van der Waals surface area contributed by atoms with Gasteiger partial charge in [0.05, 0.1) is 6.54 Å². The number of thiophene rings is 1. The van der Waals surface area contributed by atoms with Crippen LogP contribution >= 0.6 is 11.3 Å². The Kier molecular flexibility index (Phi) is 4.39. The Hall–Kier alpha value is -1.89. The standard InChI is InChI=1S/C13H20N6S/c1-9(2)19(8-10-6-5-7-20-10)13-16-11(14)15-12(17-13)18(3)4/h5-7,9H,8H2,1-4H3,(H2,14,15,16,17). The number of rotatable bonds is 5. The summed E-state index contributed by atoms with van der Waals surface area (Å²) in [7, 11) is 3.77. The Balaban J connectivity index is 2.33. The van der Waals surface area contributed by atoms with Crippen LogP contribution < -0.4 is 15.5 Å². The predicted molar refractivity (Wildman–Crippen MR) is 84.2 cm³/mol. The molecular weight excluding hydrogens is 272 g/mol. The normalized spacial score (nSPS) is 10.8. The molecule has 0 spiro atoms. The zero-order valence-corrected chi connectivity index (χ0v) is 13.1. The first-order chi connectivity index (χ1) is 9.47. The maximum atomic E-state index is 5.80. The SMILES string of the molecule is CC(C)N(Cc1cccs1)c1nc(N)nc(N(C)C)n1. The van der Waals surface area contributed by atoms with Crippen LogP contribution in [0.5, 0.6) is 0 Å². The summed E-state index contributed by atoms with van der Waals surface area (Å²) in [6.45, 7) is 5.00. The lowest BCUT2D eigenvalue weighted by molar-refractivity contribution is 0.662. The highest BCUT2D eigenvalue weighted by Gasteiger charge is 2.17. The minimum atomic E-state index is 0.246. The van der Waals surface area contributed by atoms with Crippen LogP contribution in [0.4, 0.5) is 17.8 Å². The van der Waals surface area contributed by atoms with Gasteiger partial charge in [0.2, 0.25) is 17.8 Å². The smallest absolute Gasteiger partial charge is 0.232 e. The molecule has 0 aliphatic carbocycles. The number of hydrogen-bond donors (Lipinski definition) is 1. The van der Waals surface area contributed by atoms with Gasteiger partial charge in [0.1, 0.15) is 0 Å². The van der Waals surface area contributed by atoms with Crippen molar-refractivity contribution in [3.05, 3.63) is 22.4 Å². The van der Waals surface area contributed by atoms with E-state index in [1.54, 1.807) is 11.3 Å². The maximum absolute atomic E-state index is 5.80. The van der Waals surface area contributed by atoms with Crippen LogP contribution in [0.15, 0.2) is 17.5 Å². The molecule has 0 radical (unpaired) electrons. The van der Waals surface area contributed by atoms with Crippen LogP contribution in [0, 0.1) is 0 Å². The third-order valence-corrected chi connectivity index (χ3v) is 3.68. The number of hydrogen-bond acceptors (Lipinski definition) is 7. The van der Waals surface area contributed by atoms with Gasteiger partial charge in [-0.25, -0.2) is 0 Å². The fourth-order valence-corrected chi connectivity index (χ4v) is 2.46. The molecule has 2 N–H and O–H groups in total. The molecule has 0 aliphatic heterocycles. The van der Waals surface area contributed by atoms with Gasteiger partial charge in [-0.2, -0.15) is 15.0 Å². The van der Waals surface area contributed by atoms with Crippen LogP contribution in [0.2, 0.25) is 0 Å². The third-order valence-electron chi connectivity index (χ3n) is 2.82. The van der Waals surface area contributed by atoms with Crippen molar-refractivity contribution >= 4 is 29.2 Å². The molecule has 0 aromatic carbocycles. The molecule has 0 atom stereocenters. The minimum Gasteiger partial charge on any atom is -0.368 e. The summed E-state index contributed by atoms with van der Waals surface area (Å²) in [5, 5.41) is 2.07. The highest BCUT2D eigenvalue weighted by molar-refractivity contribution is 7.09. The number of nitrogens with two attached hydrogens (primary N) is 1. The zero-order valence-electron chi connectivity index (χ0n) is 12.2. The molecule has 6 nitrogen and oxygen atoms in total. The van der Waals surface area contributed by atoms with E-state index in [1.807, 2.05) is 25.1 Å². The van der Waals surface area contributed by atoms with Crippen LogP contribution in [-0.2, 0) is 6.54 Å². The minimum absolute atomic E-state index is 0.246. The largest absolute Gasteiger partial charge is 0.368 e. The Morgan fingerprint density at radius 1 is 1.20 bits per heavy atom. The Labute approximate surface area is 123 Å². The third kappa shape index (κ3) is 3.36. The van der Waals surface area contributed by atoms with E-state index in [1.165, 1.54) is 4.88 Å². The summed E-state index contributed by atoms with van der Waals surface area (Å²) >= 11 is 1.72. The second-order valence-corrected chi connectivity index (χ2v) is 6.02. The van der Waals surface area contributed by atoms with Crippen molar-refractivity contribution in [3.8, 4) is 0 Å². The average Bonchev–Trinajstić information content (AvgIpc) is 2.87. The molecule has 7 heteroatoms. The van der Waals surface area contributed by atoms with Crippen LogP contribution in [-0.4, -0.2) is 35.1 Å². The molecule has 2 aromatic heterocycles. The zero-order chi connectivity index (χ0) is 14.7. The van der Waals surface area contributed by atoms with Crippen molar-refractivity contribution in [1.29, 1.82) is 0 Å². The van der Waals surface area contributed by atoms with Gasteiger partial charge >= 0.3 is 0 Å². The predicted octanol–water partition coefficient (Wildman–Crippen LogP) is 2.00. The number of nitrogen functional groups attached to an aromatic ring is 1. The first-order valence-electron chi connectivity index (χ1n) is 6.45. The first kappa shape index (κ1) is 14.5. The van der Waals surface area contributed by atoms with Gasteiger partial charge < -0.3 is 15.5 Å². The van der Waals surface area contributed by atoms with E-state index in [2.05, 4.69) is 45.1 Å². The number of aromatic nitrogens is 3. The van der Waals surface area contributed by atoms with Gasteiger partial charge in [-0.3, -0.25) is 0 Å². The van der Waals surface area contributed by atoms with Crippen molar-refractivity contribution in [2.45, 2.75) is 26.4 Å². The fourth-order valence-electron chi connectivity index (χ4n) is 1.75. The quantitative estimate of drug-likeness (QED) is 0.909. The molecule has 0 fully saturated rings. The molecule has 0 amide bonds. The van der Waals surface area contributed by atoms with Gasteiger partial charge in [-0.15, -0.1) is 11.3 Å². The number of nitrogens with zero attached hydrogens (tertiary/aromatic N) is 5. The fraction of sp³-hybridized carbons (Fsp3) is 0.462. The van der Waals surface area contributed by atoms with Gasteiger partial charge in [-0.1, -0.05) is 6.07 Å². The summed E-state index contributed by atoms with van der Waals surface area (Å²) in [5.41, 5.74) is 5.80. The molecule has 0 unspecified atom stereocenters. The van der Waals surface area contributed by atoms with Crippen molar-refractivity contribution < 1.29 is 0 Å². The van der Waals surface area contributed by atoms with Crippen LogP contribution in [0.1, 0.15) is 18.7 Å². The molecule has 20 heavy (non-hydrogen) atoms. The second-order valence-electron chi connectivity index (χ2n) is 4.99. The lowest BCUT2D eigenvalue weighted by Crippen LogP contribution is -2.32. The van der Waals surface area contributed by atoms with Crippen molar-refractivity contribution in [1.82, 2.24) is 15.0 Å². The molecule has 0 aliphatic rings. The molecule has 0 saturated heterocycles. The van der Waals surface area contributed by atoms with E-state index in [0.29, 0.717) is 11.9 Å². The van der Waals surface area contributed by atoms with E-state index in [-0.39, 0.29) is 12.0 Å². The summed E-state index contributed by atoms with van der Waals surface area (Å²) in [6.07, 6.45) is 0. The summed E-state index contributed by atoms with van der Waals surface area (Å²) in [5.74, 6) is 1.43. The average molecular weight is 292 g/mol. The van der Waals surface area contributed by atoms with Crippen molar-refractivity contribution in [3.63, 3.8) is 0 Å². The molecule has 2 aromatic rings. The van der Waals surface area contributed by atoms with Crippen LogP contribution in [0.25, 0.3) is 0 Å². The molecule has 0 bridgehead atoms. The Morgan fingerprint density at radius 2 is 1.90 bits per heavy atom. The van der Waals surface area contributed by atoms with E-state index in [4.69, 9.17) is 5.73 Å². The van der Waals surface area contributed by atoms with Crippen molar-refractivity contribution in [2.24, 2.45) is 0 Å².